The van der Waals surface area contributed by atoms with E-state index >= 15 is 0 Å². The maximum Gasteiger partial charge on any atom is 0.230 e. The van der Waals surface area contributed by atoms with E-state index in [0.29, 0.717) is 12.2 Å². The van der Waals surface area contributed by atoms with E-state index in [1.807, 2.05) is 17.9 Å². The Morgan fingerprint density at radius 3 is 3.00 bits per heavy atom. The summed E-state index contributed by atoms with van der Waals surface area (Å²) in [6.45, 7) is 4.13. The van der Waals surface area contributed by atoms with Crippen LogP contribution in [0.4, 0.5) is 0 Å². The summed E-state index contributed by atoms with van der Waals surface area (Å²) in [5.74, 6) is 0.750. The first-order chi connectivity index (χ1) is 11.2. The molecule has 23 heavy (non-hydrogen) atoms. The number of nitrogens with zero attached hydrogens (tertiary/aromatic N) is 2. The topological polar surface area (TPSA) is 55.6 Å². The molecule has 1 spiro atoms. The molecule has 0 N–H and O–H groups in total. The minimum atomic E-state index is -0.165. The molecule has 2 aromatic rings. The molecule has 1 amide bonds. The number of hydrogen-bond acceptors (Lipinski definition) is 5. The predicted octanol–water partition coefficient (Wildman–Crippen LogP) is 2.68. The Morgan fingerprint density at radius 1 is 1.43 bits per heavy atom. The van der Waals surface area contributed by atoms with Gasteiger partial charge in [0.1, 0.15) is 11.4 Å². The second-order valence-electron chi connectivity index (χ2n) is 6.36. The van der Waals surface area contributed by atoms with Gasteiger partial charge in [0.05, 0.1) is 18.7 Å². The van der Waals surface area contributed by atoms with Crippen LogP contribution in [0.25, 0.3) is 0 Å². The zero-order chi connectivity index (χ0) is 15.9. The molecule has 5 nitrogen and oxygen atoms in total. The molecule has 0 bridgehead atoms. The van der Waals surface area contributed by atoms with Crippen molar-refractivity contribution in [3.63, 3.8) is 0 Å². The Balaban J connectivity index is 1.43. The lowest BCUT2D eigenvalue weighted by Gasteiger charge is -2.43. The monoisotopic (exact) mass is 332 g/mol. The highest BCUT2D eigenvalue weighted by atomic mass is 32.1. The van der Waals surface area contributed by atoms with Gasteiger partial charge in [-0.1, -0.05) is 5.16 Å². The highest BCUT2D eigenvalue weighted by Gasteiger charge is 2.42. The molecule has 1 fully saturated rings. The summed E-state index contributed by atoms with van der Waals surface area (Å²) in [5.41, 5.74) is 2.07. The summed E-state index contributed by atoms with van der Waals surface area (Å²) in [6.07, 6.45) is 3.05. The summed E-state index contributed by atoms with van der Waals surface area (Å²) in [5, 5.41) is 6.00. The number of piperidine rings is 1. The van der Waals surface area contributed by atoms with Gasteiger partial charge in [0.15, 0.2) is 0 Å². The normalized spacial score (nSPS) is 19.8. The average molecular weight is 332 g/mol. The Hall–Kier alpha value is -1.66. The van der Waals surface area contributed by atoms with E-state index in [1.165, 1.54) is 10.4 Å². The molecule has 0 unspecified atom stereocenters. The van der Waals surface area contributed by atoms with Crippen LogP contribution < -0.4 is 0 Å². The van der Waals surface area contributed by atoms with Crippen LogP contribution in [0.5, 0.6) is 0 Å². The van der Waals surface area contributed by atoms with Gasteiger partial charge in [-0.3, -0.25) is 4.79 Å². The number of fused-ring (bicyclic) bond motifs is 2. The van der Waals surface area contributed by atoms with Crippen molar-refractivity contribution in [3.8, 4) is 0 Å². The molecular weight excluding hydrogens is 312 g/mol. The fraction of sp³-hybridized carbons (Fsp3) is 0.529. The summed E-state index contributed by atoms with van der Waals surface area (Å²) in [6, 6.07) is 4.04. The number of aryl methyl sites for hydroxylation is 1. The Labute approximate surface area is 139 Å². The molecule has 4 rings (SSSR count). The number of thiophene rings is 1. The van der Waals surface area contributed by atoms with Gasteiger partial charge in [-0.05, 0) is 43.2 Å². The van der Waals surface area contributed by atoms with E-state index in [1.54, 1.807) is 11.3 Å². The lowest BCUT2D eigenvalue weighted by atomic mass is 9.85. The van der Waals surface area contributed by atoms with E-state index in [9.17, 15) is 4.79 Å². The second kappa shape index (κ2) is 5.76. The lowest BCUT2D eigenvalue weighted by Crippen LogP contribution is -2.48. The molecule has 122 valence electrons. The Morgan fingerprint density at radius 2 is 2.26 bits per heavy atom. The van der Waals surface area contributed by atoms with Crippen LogP contribution in [0.1, 0.15) is 34.7 Å². The van der Waals surface area contributed by atoms with Crippen molar-refractivity contribution < 1.29 is 14.1 Å². The van der Waals surface area contributed by atoms with Crippen molar-refractivity contribution in [2.75, 3.05) is 19.7 Å². The molecule has 2 aromatic heterocycles. The first-order valence-electron chi connectivity index (χ1n) is 8.07. The van der Waals surface area contributed by atoms with Gasteiger partial charge in [0.2, 0.25) is 5.91 Å². The molecular formula is C17H20N2O3S. The summed E-state index contributed by atoms with van der Waals surface area (Å²) in [7, 11) is 0. The van der Waals surface area contributed by atoms with Crippen molar-refractivity contribution in [2.45, 2.75) is 38.2 Å². The van der Waals surface area contributed by atoms with Crippen molar-refractivity contribution in [2.24, 2.45) is 0 Å². The lowest BCUT2D eigenvalue weighted by molar-refractivity contribution is -0.139. The number of rotatable bonds is 2. The number of carbonyl (C=O) groups excluding carboxylic acids is 1. The highest BCUT2D eigenvalue weighted by molar-refractivity contribution is 7.10. The third-order valence-corrected chi connectivity index (χ3v) is 5.98. The van der Waals surface area contributed by atoms with Gasteiger partial charge < -0.3 is 14.2 Å². The molecule has 2 aliphatic rings. The van der Waals surface area contributed by atoms with Gasteiger partial charge in [0, 0.05) is 24.0 Å². The maximum absolute atomic E-state index is 12.4. The van der Waals surface area contributed by atoms with Crippen molar-refractivity contribution in [1.29, 1.82) is 0 Å². The number of amides is 1. The van der Waals surface area contributed by atoms with Gasteiger partial charge in [-0.25, -0.2) is 0 Å². The number of carbonyl (C=O) groups is 1. The number of likely N-dealkylation sites (tertiary alicyclic amines) is 1. The number of ether oxygens (including phenoxy) is 1. The van der Waals surface area contributed by atoms with Gasteiger partial charge >= 0.3 is 0 Å². The van der Waals surface area contributed by atoms with Gasteiger partial charge in [0.25, 0.3) is 0 Å². The van der Waals surface area contributed by atoms with Crippen LogP contribution in [-0.2, 0) is 28.0 Å². The fourth-order valence-corrected chi connectivity index (χ4v) is 4.77. The van der Waals surface area contributed by atoms with Crippen LogP contribution in [0.15, 0.2) is 22.0 Å². The van der Waals surface area contributed by atoms with Crippen molar-refractivity contribution in [1.82, 2.24) is 10.1 Å². The largest absolute Gasteiger partial charge is 0.369 e. The second-order valence-corrected chi connectivity index (χ2v) is 7.28. The van der Waals surface area contributed by atoms with E-state index in [-0.39, 0.29) is 11.5 Å². The van der Waals surface area contributed by atoms with Crippen LogP contribution in [0.2, 0.25) is 0 Å². The van der Waals surface area contributed by atoms with E-state index in [2.05, 4.69) is 16.6 Å². The molecule has 0 atom stereocenters. The van der Waals surface area contributed by atoms with Crippen molar-refractivity contribution >= 4 is 17.2 Å². The molecule has 0 aromatic carbocycles. The van der Waals surface area contributed by atoms with E-state index < -0.39 is 0 Å². The van der Waals surface area contributed by atoms with Gasteiger partial charge in [-0.15, -0.1) is 11.3 Å². The Bertz CT molecular complexity index is 713. The maximum atomic E-state index is 12.4. The molecule has 0 radical (unpaired) electrons. The minimum absolute atomic E-state index is 0.109. The van der Waals surface area contributed by atoms with E-state index in [4.69, 9.17) is 9.26 Å². The van der Waals surface area contributed by atoms with Gasteiger partial charge in [-0.2, -0.15) is 0 Å². The summed E-state index contributed by atoms with van der Waals surface area (Å²) >= 11 is 1.79. The van der Waals surface area contributed by atoms with E-state index in [0.717, 1.165) is 44.7 Å². The molecule has 2 aliphatic heterocycles. The first kappa shape index (κ1) is 14.9. The number of hydrogen-bond donors (Lipinski definition) is 0. The summed E-state index contributed by atoms with van der Waals surface area (Å²) < 4.78 is 11.3. The molecule has 1 saturated heterocycles. The molecule has 4 heterocycles. The standard InChI is InChI=1S/C17H20N2O3S/c1-12-10-14(22-18-12)11-15(20)19-6-4-17(5-7-19)16-13(2-8-21-17)3-9-23-16/h3,9-10H,2,4-8,11H2,1H3. The SMILES string of the molecule is Cc1cc(CC(=O)N2CCC3(CC2)OCCc2ccsc23)on1. The predicted molar refractivity (Wildman–Crippen MR) is 86.4 cm³/mol. The Kier molecular flexibility index (Phi) is 3.73. The average Bonchev–Trinajstić information content (AvgIpc) is 3.18. The first-order valence-corrected chi connectivity index (χ1v) is 8.95. The van der Waals surface area contributed by atoms with Crippen molar-refractivity contribution in [3.05, 3.63) is 39.4 Å². The number of aromatic nitrogens is 1. The quantitative estimate of drug-likeness (QED) is 0.848. The third kappa shape index (κ3) is 2.70. The smallest absolute Gasteiger partial charge is 0.230 e. The summed E-state index contributed by atoms with van der Waals surface area (Å²) in [4.78, 5) is 15.7. The minimum Gasteiger partial charge on any atom is -0.369 e. The molecule has 0 saturated carbocycles. The molecule has 6 heteroatoms. The van der Waals surface area contributed by atoms with Crippen LogP contribution >= 0.6 is 11.3 Å². The van der Waals surface area contributed by atoms with Crippen LogP contribution in [0, 0.1) is 6.92 Å². The van der Waals surface area contributed by atoms with Crippen LogP contribution in [-0.4, -0.2) is 35.7 Å². The fourth-order valence-electron chi connectivity index (χ4n) is 3.60. The van der Waals surface area contributed by atoms with Crippen LogP contribution in [0.3, 0.4) is 0 Å². The molecule has 0 aliphatic carbocycles. The highest BCUT2D eigenvalue weighted by Crippen LogP contribution is 2.44. The zero-order valence-electron chi connectivity index (χ0n) is 13.2. The zero-order valence-corrected chi connectivity index (χ0v) is 14.0. The third-order valence-electron chi connectivity index (χ3n) is 4.84.